The molecule has 0 amide bonds. The van der Waals surface area contributed by atoms with Crippen molar-refractivity contribution in [2.45, 2.75) is 18.9 Å². The molecular weight excluding hydrogens is 277 g/mol. The van der Waals surface area contributed by atoms with Gasteiger partial charge in [0.15, 0.2) is 11.6 Å². The fourth-order valence-electron chi connectivity index (χ4n) is 2.75. The fourth-order valence-corrected chi connectivity index (χ4v) is 2.75. The normalized spacial score (nSPS) is 22.6. The van der Waals surface area contributed by atoms with Crippen LogP contribution < -0.4 is 15.1 Å². The van der Waals surface area contributed by atoms with Gasteiger partial charge in [-0.25, -0.2) is 9.37 Å². The number of halogens is 1. The van der Waals surface area contributed by atoms with Gasteiger partial charge in [-0.05, 0) is 12.8 Å². The maximum absolute atomic E-state index is 13.9. The van der Waals surface area contributed by atoms with E-state index in [9.17, 15) is 9.18 Å². The number of carboxylic acids is 1. The van der Waals surface area contributed by atoms with Crippen molar-refractivity contribution in [3.63, 3.8) is 0 Å². The van der Waals surface area contributed by atoms with Gasteiger partial charge in [0.25, 0.3) is 0 Å². The second-order valence-corrected chi connectivity index (χ2v) is 5.33. The fraction of sp³-hybridized carbons (Fsp3) is 0.615. The molecule has 1 aromatic heterocycles. The van der Waals surface area contributed by atoms with E-state index in [1.54, 1.807) is 4.90 Å². The highest BCUT2D eigenvalue weighted by molar-refractivity contribution is 5.74. The Bertz CT molecular complexity index is 535. The summed E-state index contributed by atoms with van der Waals surface area (Å²) in [6.07, 6.45) is 3.24. The van der Waals surface area contributed by atoms with Crippen LogP contribution in [0.2, 0.25) is 0 Å². The first kappa shape index (κ1) is 14.0. The SMILES string of the molecule is O=C(O)C1CN(c2ncc(F)c(N3CCCC3)n2)CCN1. The van der Waals surface area contributed by atoms with Crippen LogP contribution in [-0.4, -0.2) is 59.8 Å². The van der Waals surface area contributed by atoms with Crippen molar-refractivity contribution < 1.29 is 14.3 Å². The van der Waals surface area contributed by atoms with Gasteiger partial charge >= 0.3 is 5.97 Å². The topological polar surface area (TPSA) is 81.6 Å². The molecule has 2 N–H and O–H groups in total. The number of hydrogen-bond donors (Lipinski definition) is 2. The molecular formula is C13H18FN5O2. The number of carbonyl (C=O) groups is 1. The van der Waals surface area contributed by atoms with Crippen molar-refractivity contribution in [2.24, 2.45) is 0 Å². The molecule has 2 fully saturated rings. The molecule has 2 aliphatic heterocycles. The summed E-state index contributed by atoms with van der Waals surface area (Å²) in [7, 11) is 0. The summed E-state index contributed by atoms with van der Waals surface area (Å²) in [5.74, 6) is -0.610. The summed E-state index contributed by atoms with van der Waals surface area (Å²) in [4.78, 5) is 23.1. The maximum Gasteiger partial charge on any atom is 0.322 e. The standard InChI is InChI=1S/C13H18FN5O2/c14-9-7-16-13(17-11(9)18-4-1-2-5-18)19-6-3-15-10(8-19)12(20)21/h7,10,15H,1-6,8H2,(H,20,21). The Morgan fingerprint density at radius 1 is 1.33 bits per heavy atom. The molecule has 114 valence electrons. The summed E-state index contributed by atoms with van der Waals surface area (Å²) < 4.78 is 13.9. The summed E-state index contributed by atoms with van der Waals surface area (Å²) >= 11 is 0. The van der Waals surface area contributed by atoms with E-state index in [0.29, 0.717) is 24.9 Å². The minimum absolute atomic E-state index is 0.278. The minimum atomic E-state index is -0.901. The van der Waals surface area contributed by atoms with Gasteiger partial charge in [0.05, 0.1) is 6.20 Å². The zero-order chi connectivity index (χ0) is 14.8. The first-order valence-corrected chi connectivity index (χ1v) is 7.14. The highest BCUT2D eigenvalue weighted by atomic mass is 19.1. The molecule has 3 rings (SSSR count). The van der Waals surface area contributed by atoms with Crippen molar-refractivity contribution in [1.82, 2.24) is 15.3 Å². The second kappa shape index (κ2) is 5.80. The van der Waals surface area contributed by atoms with Crippen LogP contribution in [0.25, 0.3) is 0 Å². The van der Waals surface area contributed by atoms with Gasteiger partial charge < -0.3 is 20.2 Å². The number of nitrogens with one attached hydrogen (secondary N) is 1. The molecule has 8 heteroatoms. The lowest BCUT2D eigenvalue weighted by atomic mass is 10.2. The van der Waals surface area contributed by atoms with E-state index < -0.39 is 17.8 Å². The minimum Gasteiger partial charge on any atom is -0.480 e. The van der Waals surface area contributed by atoms with E-state index in [2.05, 4.69) is 15.3 Å². The molecule has 2 aliphatic rings. The Labute approximate surface area is 121 Å². The first-order chi connectivity index (χ1) is 10.1. The Morgan fingerprint density at radius 2 is 2.10 bits per heavy atom. The highest BCUT2D eigenvalue weighted by Crippen LogP contribution is 2.23. The predicted molar refractivity (Wildman–Crippen MR) is 75.1 cm³/mol. The molecule has 7 nitrogen and oxygen atoms in total. The molecule has 1 unspecified atom stereocenters. The molecule has 1 atom stereocenters. The smallest absolute Gasteiger partial charge is 0.322 e. The first-order valence-electron chi connectivity index (χ1n) is 7.14. The lowest BCUT2D eigenvalue weighted by Gasteiger charge is -2.32. The van der Waals surface area contributed by atoms with Crippen LogP contribution in [0.4, 0.5) is 16.2 Å². The number of rotatable bonds is 3. The molecule has 0 spiro atoms. The van der Waals surface area contributed by atoms with Crippen LogP contribution in [0.5, 0.6) is 0 Å². The average Bonchev–Trinajstić information content (AvgIpc) is 3.02. The summed E-state index contributed by atoms with van der Waals surface area (Å²) in [6, 6.07) is -0.650. The van der Waals surface area contributed by atoms with E-state index in [4.69, 9.17) is 5.11 Å². The van der Waals surface area contributed by atoms with Crippen LogP contribution >= 0.6 is 0 Å². The largest absolute Gasteiger partial charge is 0.480 e. The molecule has 0 saturated carbocycles. The lowest BCUT2D eigenvalue weighted by molar-refractivity contribution is -0.139. The molecule has 0 radical (unpaired) electrons. The quantitative estimate of drug-likeness (QED) is 0.817. The van der Waals surface area contributed by atoms with Crippen molar-refractivity contribution in [2.75, 3.05) is 42.5 Å². The van der Waals surface area contributed by atoms with Gasteiger partial charge in [-0.1, -0.05) is 0 Å². The van der Waals surface area contributed by atoms with E-state index >= 15 is 0 Å². The molecule has 0 aromatic carbocycles. The van der Waals surface area contributed by atoms with Crippen LogP contribution in [0.15, 0.2) is 6.20 Å². The van der Waals surface area contributed by atoms with Gasteiger partial charge in [0.2, 0.25) is 5.95 Å². The number of hydrogen-bond acceptors (Lipinski definition) is 6. The molecule has 0 aliphatic carbocycles. The number of nitrogens with zero attached hydrogens (tertiary/aromatic N) is 4. The molecule has 21 heavy (non-hydrogen) atoms. The summed E-state index contributed by atoms with van der Waals surface area (Å²) in [5.41, 5.74) is 0. The van der Waals surface area contributed by atoms with Crippen molar-refractivity contribution in [1.29, 1.82) is 0 Å². The van der Waals surface area contributed by atoms with Crippen LogP contribution in [-0.2, 0) is 4.79 Å². The van der Waals surface area contributed by atoms with Crippen molar-refractivity contribution in [3.8, 4) is 0 Å². The predicted octanol–water partition coefficient (Wildman–Crippen LogP) is 0.0787. The van der Waals surface area contributed by atoms with E-state index in [1.807, 2.05) is 4.90 Å². The molecule has 3 heterocycles. The Hall–Kier alpha value is -1.96. The highest BCUT2D eigenvalue weighted by Gasteiger charge is 2.27. The zero-order valence-corrected chi connectivity index (χ0v) is 11.6. The molecule has 1 aromatic rings. The van der Waals surface area contributed by atoms with Crippen LogP contribution in [0.1, 0.15) is 12.8 Å². The van der Waals surface area contributed by atoms with Crippen LogP contribution in [0.3, 0.4) is 0 Å². The van der Waals surface area contributed by atoms with E-state index in [0.717, 1.165) is 25.9 Å². The van der Waals surface area contributed by atoms with Crippen LogP contribution in [0, 0.1) is 5.82 Å². The van der Waals surface area contributed by atoms with Gasteiger partial charge in [-0.15, -0.1) is 0 Å². The molecule has 2 saturated heterocycles. The van der Waals surface area contributed by atoms with Crippen molar-refractivity contribution >= 4 is 17.7 Å². The number of anilines is 2. The van der Waals surface area contributed by atoms with E-state index in [-0.39, 0.29) is 6.54 Å². The van der Waals surface area contributed by atoms with Gasteiger partial charge in [0, 0.05) is 32.7 Å². The average molecular weight is 295 g/mol. The Kier molecular flexibility index (Phi) is 3.87. The monoisotopic (exact) mass is 295 g/mol. The van der Waals surface area contributed by atoms with Gasteiger partial charge in [-0.2, -0.15) is 4.98 Å². The lowest BCUT2D eigenvalue weighted by Crippen LogP contribution is -2.54. The maximum atomic E-state index is 13.9. The van der Waals surface area contributed by atoms with Gasteiger partial charge in [0.1, 0.15) is 6.04 Å². The third kappa shape index (κ3) is 2.90. The van der Waals surface area contributed by atoms with E-state index in [1.165, 1.54) is 6.20 Å². The number of aliphatic carboxylic acids is 1. The second-order valence-electron chi connectivity index (χ2n) is 5.33. The van der Waals surface area contributed by atoms with Gasteiger partial charge in [-0.3, -0.25) is 4.79 Å². The Morgan fingerprint density at radius 3 is 2.81 bits per heavy atom. The number of aromatic nitrogens is 2. The van der Waals surface area contributed by atoms with Crippen molar-refractivity contribution in [3.05, 3.63) is 12.0 Å². The summed E-state index contributed by atoms with van der Waals surface area (Å²) in [6.45, 7) is 3.02. The third-order valence-electron chi connectivity index (χ3n) is 3.87. The zero-order valence-electron chi connectivity index (χ0n) is 11.6. The summed E-state index contributed by atoms with van der Waals surface area (Å²) in [5, 5.41) is 12.0. The molecule has 0 bridgehead atoms. The third-order valence-corrected chi connectivity index (χ3v) is 3.87. The number of carboxylic acid groups (broad SMARTS) is 1. The Balaban J connectivity index is 1.81. The number of piperazine rings is 1.